The number of fused-ring (bicyclic) bond motifs is 2. The molecule has 1 heterocycles. The number of nitrogens with two attached hydrogens (primary N) is 1. The number of hydrogen-bond acceptors (Lipinski definition) is 2. The van der Waals surface area contributed by atoms with Crippen LogP contribution in [0.15, 0.2) is 54.9 Å². The van der Waals surface area contributed by atoms with Gasteiger partial charge in [0.1, 0.15) is 0 Å². The molecule has 3 aromatic rings. The van der Waals surface area contributed by atoms with Crippen molar-refractivity contribution in [3.05, 3.63) is 66.0 Å². The van der Waals surface area contributed by atoms with Crippen molar-refractivity contribution < 1.29 is 0 Å². The molecule has 0 amide bonds. The van der Waals surface area contributed by atoms with Crippen molar-refractivity contribution in [1.29, 1.82) is 0 Å². The van der Waals surface area contributed by atoms with Gasteiger partial charge in [-0.25, -0.2) is 4.98 Å². The summed E-state index contributed by atoms with van der Waals surface area (Å²) in [6.45, 7) is 0. The highest BCUT2D eigenvalue weighted by atomic mass is 15.1. The molecule has 0 aliphatic heterocycles. The highest BCUT2D eigenvalue weighted by molar-refractivity contribution is 5.75. The molecule has 0 spiro atoms. The van der Waals surface area contributed by atoms with E-state index in [1.54, 1.807) is 0 Å². The summed E-state index contributed by atoms with van der Waals surface area (Å²) in [6.07, 6.45) is 5.33. The van der Waals surface area contributed by atoms with Gasteiger partial charge in [0.25, 0.3) is 0 Å². The Balaban J connectivity index is 1.82. The normalized spacial score (nSPS) is 22.0. The Hall–Kier alpha value is -2.13. The van der Waals surface area contributed by atoms with E-state index in [2.05, 4.69) is 52.0 Å². The number of benzene rings is 2. The fourth-order valence-electron chi connectivity index (χ4n) is 3.53. The van der Waals surface area contributed by atoms with Gasteiger partial charge in [-0.15, -0.1) is 0 Å². The standard InChI is InChI=1S/C18H19N3/c19-18-14-8-2-1-6-13(14)7-5-11-17(18)21-12-20-15-9-3-4-10-16(15)21/h1-4,6,8-10,12,17-18H,5,7,11,19H2. The number of para-hydroxylation sites is 2. The third-order valence-electron chi connectivity index (χ3n) is 4.61. The molecule has 21 heavy (non-hydrogen) atoms. The van der Waals surface area contributed by atoms with Crippen LogP contribution in [0.25, 0.3) is 11.0 Å². The van der Waals surface area contributed by atoms with Gasteiger partial charge in [-0.1, -0.05) is 36.4 Å². The smallest absolute Gasteiger partial charge is 0.0961 e. The zero-order valence-corrected chi connectivity index (χ0v) is 11.9. The number of imidazole rings is 1. The predicted molar refractivity (Wildman–Crippen MR) is 85.1 cm³/mol. The van der Waals surface area contributed by atoms with Gasteiger partial charge in [0.2, 0.25) is 0 Å². The van der Waals surface area contributed by atoms with Gasteiger partial charge >= 0.3 is 0 Å². The summed E-state index contributed by atoms with van der Waals surface area (Å²) in [7, 11) is 0. The lowest BCUT2D eigenvalue weighted by atomic mass is 9.97. The van der Waals surface area contributed by atoms with Crippen LogP contribution < -0.4 is 5.73 Å². The van der Waals surface area contributed by atoms with Crippen molar-refractivity contribution in [3.8, 4) is 0 Å². The first kappa shape index (κ1) is 12.6. The molecule has 0 radical (unpaired) electrons. The number of nitrogens with zero attached hydrogens (tertiary/aromatic N) is 2. The summed E-state index contributed by atoms with van der Waals surface area (Å²) in [5, 5.41) is 0. The first-order valence-corrected chi connectivity index (χ1v) is 7.59. The van der Waals surface area contributed by atoms with Crippen LogP contribution in [0.4, 0.5) is 0 Å². The van der Waals surface area contributed by atoms with Crippen LogP contribution >= 0.6 is 0 Å². The van der Waals surface area contributed by atoms with Crippen LogP contribution in [0.2, 0.25) is 0 Å². The predicted octanol–water partition coefficient (Wildman–Crippen LogP) is 3.61. The third-order valence-corrected chi connectivity index (χ3v) is 4.61. The van der Waals surface area contributed by atoms with Gasteiger partial charge < -0.3 is 10.3 Å². The van der Waals surface area contributed by atoms with E-state index in [0.29, 0.717) is 0 Å². The van der Waals surface area contributed by atoms with Gasteiger partial charge in [0, 0.05) is 0 Å². The number of hydrogen-bond donors (Lipinski definition) is 1. The Labute approximate surface area is 124 Å². The Kier molecular flexibility index (Phi) is 3.00. The van der Waals surface area contributed by atoms with Crippen LogP contribution in [0.5, 0.6) is 0 Å². The minimum atomic E-state index is 0.0290. The van der Waals surface area contributed by atoms with Crippen molar-refractivity contribution in [2.75, 3.05) is 0 Å². The molecule has 3 heteroatoms. The van der Waals surface area contributed by atoms with E-state index in [0.717, 1.165) is 18.4 Å². The van der Waals surface area contributed by atoms with E-state index < -0.39 is 0 Å². The fourth-order valence-corrected chi connectivity index (χ4v) is 3.53. The van der Waals surface area contributed by atoms with Gasteiger partial charge in [0.15, 0.2) is 0 Å². The van der Waals surface area contributed by atoms with E-state index in [1.807, 2.05) is 12.4 Å². The minimum Gasteiger partial charge on any atom is -0.326 e. The van der Waals surface area contributed by atoms with E-state index in [9.17, 15) is 0 Å². The summed E-state index contributed by atoms with van der Waals surface area (Å²) in [4.78, 5) is 4.52. The van der Waals surface area contributed by atoms with Gasteiger partial charge in [-0.2, -0.15) is 0 Å². The Morgan fingerprint density at radius 3 is 2.81 bits per heavy atom. The first-order valence-electron chi connectivity index (χ1n) is 7.59. The molecule has 2 unspecified atom stereocenters. The molecule has 106 valence electrons. The second-order valence-corrected chi connectivity index (χ2v) is 5.82. The monoisotopic (exact) mass is 277 g/mol. The SMILES string of the molecule is NC1c2ccccc2CCCC1n1cnc2ccccc21. The largest absolute Gasteiger partial charge is 0.326 e. The van der Waals surface area contributed by atoms with E-state index in [-0.39, 0.29) is 12.1 Å². The summed E-state index contributed by atoms with van der Waals surface area (Å²) in [5.74, 6) is 0. The summed E-state index contributed by atoms with van der Waals surface area (Å²) < 4.78 is 2.27. The average molecular weight is 277 g/mol. The Morgan fingerprint density at radius 2 is 1.86 bits per heavy atom. The lowest BCUT2D eigenvalue weighted by Gasteiger charge is -2.25. The maximum Gasteiger partial charge on any atom is 0.0961 e. The van der Waals surface area contributed by atoms with Crippen molar-refractivity contribution in [1.82, 2.24) is 9.55 Å². The fraction of sp³-hybridized carbons (Fsp3) is 0.278. The molecule has 1 aliphatic rings. The number of rotatable bonds is 1. The molecule has 2 aromatic carbocycles. The second kappa shape index (κ2) is 5.01. The summed E-state index contributed by atoms with van der Waals surface area (Å²) >= 11 is 0. The summed E-state index contributed by atoms with van der Waals surface area (Å²) in [5.41, 5.74) is 11.5. The minimum absolute atomic E-state index is 0.0290. The molecule has 2 atom stereocenters. The zero-order valence-electron chi connectivity index (χ0n) is 11.9. The maximum atomic E-state index is 6.62. The highest BCUT2D eigenvalue weighted by Gasteiger charge is 2.26. The van der Waals surface area contributed by atoms with Crippen LogP contribution in [-0.4, -0.2) is 9.55 Å². The molecule has 1 aliphatic carbocycles. The molecule has 0 saturated heterocycles. The third kappa shape index (κ3) is 2.05. The first-order chi connectivity index (χ1) is 10.3. The number of aryl methyl sites for hydroxylation is 1. The molecule has 3 nitrogen and oxygen atoms in total. The lowest BCUT2D eigenvalue weighted by molar-refractivity contribution is 0.402. The zero-order chi connectivity index (χ0) is 14.2. The van der Waals surface area contributed by atoms with Crippen molar-refractivity contribution in [2.24, 2.45) is 5.73 Å². The second-order valence-electron chi connectivity index (χ2n) is 5.82. The molecule has 0 fully saturated rings. The van der Waals surface area contributed by atoms with E-state index in [1.165, 1.54) is 23.1 Å². The van der Waals surface area contributed by atoms with Gasteiger partial charge in [-0.3, -0.25) is 0 Å². The van der Waals surface area contributed by atoms with E-state index in [4.69, 9.17) is 5.73 Å². The molecule has 0 saturated carbocycles. The molecule has 1 aromatic heterocycles. The molecular formula is C18H19N3. The highest BCUT2D eigenvalue weighted by Crippen LogP contribution is 2.36. The maximum absolute atomic E-state index is 6.62. The molecule has 0 bridgehead atoms. The summed E-state index contributed by atoms with van der Waals surface area (Å²) in [6, 6.07) is 17.2. The van der Waals surface area contributed by atoms with Crippen LogP contribution in [0.1, 0.15) is 36.1 Å². The molecule has 4 rings (SSSR count). The molecular weight excluding hydrogens is 258 g/mol. The van der Waals surface area contributed by atoms with E-state index >= 15 is 0 Å². The topological polar surface area (TPSA) is 43.8 Å². The quantitative estimate of drug-likeness (QED) is 0.690. The number of aromatic nitrogens is 2. The van der Waals surface area contributed by atoms with Crippen LogP contribution in [-0.2, 0) is 6.42 Å². The Morgan fingerprint density at radius 1 is 1.05 bits per heavy atom. The van der Waals surface area contributed by atoms with Gasteiger partial charge in [-0.05, 0) is 42.5 Å². The van der Waals surface area contributed by atoms with Crippen molar-refractivity contribution in [2.45, 2.75) is 31.3 Å². The molecule has 2 N–H and O–H groups in total. The average Bonchev–Trinajstić information content (AvgIpc) is 2.88. The van der Waals surface area contributed by atoms with Crippen molar-refractivity contribution in [3.63, 3.8) is 0 Å². The van der Waals surface area contributed by atoms with Crippen molar-refractivity contribution >= 4 is 11.0 Å². The van der Waals surface area contributed by atoms with Crippen LogP contribution in [0.3, 0.4) is 0 Å². The lowest BCUT2D eigenvalue weighted by Crippen LogP contribution is -2.23. The Bertz CT molecular complexity index is 775. The van der Waals surface area contributed by atoms with Crippen LogP contribution in [0, 0.1) is 0 Å². The van der Waals surface area contributed by atoms with Gasteiger partial charge in [0.05, 0.1) is 29.4 Å².